The van der Waals surface area contributed by atoms with Gasteiger partial charge in [0, 0.05) is 42.0 Å². The molecular weight excluding hydrogens is 496 g/mol. The highest BCUT2D eigenvalue weighted by molar-refractivity contribution is 5.68. The first-order chi connectivity index (χ1) is 18.3. The zero-order valence-corrected chi connectivity index (χ0v) is 24.1. The Bertz CT molecular complexity index is 1170. The molecule has 2 spiro atoms. The van der Waals surface area contributed by atoms with Crippen LogP contribution in [0.2, 0.25) is 0 Å². The SMILES string of the molecule is CO[C@@]12CC[C@@]3(C[C@@H]1[C@](C)(O)C(C)(C)C)[C@H]1Cc4ccc(O)c5c4[C@@]3(CCN1CC1CC1)[C@H]2O5.NCC(=O)O. The molecule has 0 radical (unpaired) electrons. The number of carboxylic acids is 1. The van der Waals surface area contributed by atoms with Crippen molar-refractivity contribution < 1.29 is 29.6 Å². The molecule has 5 fully saturated rings. The number of ether oxygens (including phenoxy) is 2. The second kappa shape index (κ2) is 8.57. The van der Waals surface area contributed by atoms with Crippen molar-refractivity contribution in [2.45, 2.75) is 101 Å². The molecule has 216 valence electrons. The van der Waals surface area contributed by atoms with Gasteiger partial charge in [-0.15, -0.1) is 0 Å². The molecule has 0 aromatic heterocycles. The molecule has 0 amide bonds. The van der Waals surface area contributed by atoms with Crippen LogP contribution in [0, 0.1) is 22.7 Å². The molecule has 1 aromatic carbocycles. The fraction of sp³-hybridized carbons (Fsp3) is 0.774. The van der Waals surface area contributed by atoms with Crippen LogP contribution >= 0.6 is 0 Å². The maximum absolute atomic E-state index is 12.2. The van der Waals surface area contributed by atoms with Gasteiger partial charge in [-0.05, 0) is 81.4 Å². The molecule has 8 heteroatoms. The Labute approximate surface area is 231 Å². The van der Waals surface area contributed by atoms with E-state index in [2.05, 4.69) is 37.5 Å². The molecule has 8 rings (SSSR count). The fourth-order valence-electron chi connectivity index (χ4n) is 9.58. The van der Waals surface area contributed by atoms with Crippen molar-refractivity contribution in [3.8, 4) is 11.5 Å². The van der Waals surface area contributed by atoms with Crippen LogP contribution in [0.15, 0.2) is 12.1 Å². The molecule has 39 heavy (non-hydrogen) atoms. The van der Waals surface area contributed by atoms with E-state index in [-0.39, 0.29) is 40.6 Å². The minimum absolute atomic E-state index is 0.0294. The molecule has 1 aromatic rings. The van der Waals surface area contributed by atoms with Crippen molar-refractivity contribution >= 4 is 5.97 Å². The van der Waals surface area contributed by atoms with Crippen LogP contribution in [0.25, 0.3) is 0 Å². The summed E-state index contributed by atoms with van der Waals surface area (Å²) in [6, 6.07) is 4.46. The molecule has 5 N–H and O–H groups in total. The van der Waals surface area contributed by atoms with Crippen LogP contribution in [0.4, 0.5) is 0 Å². The zero-order valence-electron chi connectivity index (χ0n) is 24.1. The third-order valence-corrected chi connectivity index (χ3v) is 12.0. The predicted molar refractivity (Wildman–Crippen MR) is 147 cm³/mol. The van der Waals surface area contributed by atoms with Gasteiger partial charge in [-0.2, -0.15) is 0 Å². The quantitative estimate of drug-likeness (QED) is 0.446. The summed E-state index contributed by atoms with van der Waals surface area (Å²) in [5, 5.41) is 30.8. The number of nitrogens with zero attached hydrogens (tertiary/aromatic N) is 1. The Hall–Kier alpha value is -1.87. The lowest BCUT2D eigenvalue weighted by atomic mass is 9.33. The van der Waals surface area contributed by atoms with E-state index in [1.54, 1.807) is 0 Å². The highest BCUT2D eigenvalue weighted by Gasteiger charge is 2.82. The number of hydrogen-bond donors (Lipinski definition) is 4. The molecular formula is C31H46N2O6. The fourth-order valence-corrected chi connectivity index (χ4v) is 9.58. The molecule has 0 unspecified atom stereocenters. The average Bonchev–Trinajstić information content (AvgIpc) is 3.63. The van der Waals surface area contributed by atoms with Crippen molar-refractivity contribution in [1.82, 2.24) is 4.90 Å². The van der Waals surface area contributed by atoms with Crippen molar-refractivity contribution in [1.29, 1.82) is 0 Å². The van der Waals surface area contributed by atoms with Crippen molar-refractivity contribution in [3.63, 3.8) is 0 Å². The summed E-state index contributed by atoms with van der Waals surface area (Å²) in [7, 11) is 1.83. The third kappa shape index (κ3) is 3.41. The lowest BCUT2D eigenvalue weighted by Crippen LogP contribution is -2.83. The van der Waals surface area contributed by atoms with E-state index in [4.69, 9.17) is 14.6 Å². The van der Waals surface area contributed by atoms with E-state index in [0.29, 0.717) is 11.8 Å². The van der Waals surface area contributed by atoms with Gasteiger partial charge in [-0.3, -0.25) is 9.69 Å². The highest BCUT2D eigenvalue weighted by Crippen LogP contribution is 2.78. The molecule has 4 bridgehead atoms. The third-order valence-electron chi connectivity index (χ3n) is 12.0. The maximum atomic E-state index is 12.2. The van der Waals surface area contributed by atoms with Gasteiger partial charge < -0.3 is 30.5 Å². The van der Waals surface area contributed by atoms with Gasteiger partial charge in [0.15, 0.2) is 11.5 Å². The lowest BCUT2D eigenvalue weighted by molar-refractivity contribution is -0.312. The Morgan fingerprint density at radius 2 is 1.90 bits per heavy atom. The number of hydrogen-bond acceptors (Lipinski definition) is 7. The van der Waals surface area contributed by atoms with Crippen LogP contribution in [-0.2, 0) is 21.4 Å². The second-order valence-electron chi connectivity index (χ2n) is 14.4. The first-order valence-electron chi connectivity index (χ1n) is 14.7. The Morgan fingerprint density at radius 3 is 2.49 bits per heavy atom. The predicted octanol–water partition coefficient (Wildman–Crippen LogP) is 3.44. The Morgan fingerprint density at radius 1 is 1.21 bits per heavy atom. The molecule has 5 aliphatic carbocycles. The van der Waals surface area contributed by atoms with Gasteiger partial charge in [-0.1, -0.05) is 26.8 Å². The first-order valence-corrected chi connectivity index (χ1v) is 14.7. The number of methoxy groups -OCH3 is 1. The molecule has 1 saturated heterocycles. The van der Waals surface area contributed by atoms with Crippen LogP contribution in [0.3, 0.4) is 0 Å². The molecule has 2 heterocycles. The topological polar surface area (TPSA) is 125 Å². The standard InChI is InChI=1S/C29H41NO4.C2H5NO2/c1-25(2,3)26(4,32)20-15-27-10-11-29(20,33-5)24-28(27)12-13-30(16-17-6-7-17)21(27)14-18-8-9-19(31)23(34-24)22(18)28;3-1-2(4)5/h8-9,17,20-21,24,31-32H,6-7,10-16H2,1-5H3;1,3H2,(H,4,5)/t20-,21-,24-,26+,27-,28+,29+;/m1./s1. The van der Waals surface area contributed by atoms with Gasteiger partial charge in [0.25, 0.3) is 0 Å². The number of likely N-dealkylation sites (tertiary alicyclic amines) is 1. The maximum Gasteiger partial charge on any atom is 0.317 e. The number of carbonyl (C=O) groups is 1. The van der Waals surface area contributed by atoms with E-state index in [0.717, 1.165) is 44.6 Å². The summed E-state index contributed by atoms with van der Waals surface area (Å²) >= 11 is 0. The number of rotatable bonds is 5. The van der Waals surface area contributed by atoms with Crippen molar-refractivity contribution in [2.75, 3.05) is 26.7 Å². The summed E-state index contributed by atoms with van der Waals surface area (Å²) in [5.74, 6) is 0.835. The van der Waals surface area contributed by atoms with Gasteiger partial charge in [0.05, 0.1) is 12.1 Å². The summed E-state index contributed by atoms with van der Waals surface area (Å²) in [6.07, 6.45) is 7.64. The normalized spacial score (nSPS) is 39.2. The van der Waals surface area contributed by atoms with E-state index >= 15 is 0 Å². The highest BCUT2D eigenvalue weighted by atomic mass is 16.6. The number of aromatic hydroxyl groups is 1. The number of phenols is 1. The van der Waals surface area contributed by atoms with Crippen LogP contribution in [0.1, 0.15) is 77.3 Å². The Kier molecular flexibility index (Phi) is 6.00. The number of aliphatic carboxylic acids is 1. The zero-order chi connectivity index (χ0) is 28.2. The number of benzene rings is 1. The lowest BCUT2D eigenvalue weighted by Gasteiger charge is -2.75. The molecule has 4 saturated carbocycles. The second-order valence-corrected chi connectivity index (χ2v) is 14.4. The summed E-state index contributed by atoms with van der Waals surface area (Å²) in [6.45, 7) is 10.5. The minimum atomic E-state index is -0.968. The molecule has 2 aliphatic heterocycles. The Balaban J connectivity index is 0.000000510. The molecule has 7 atom stereocenters. The van der Waals surface area contributed by atoms with Crippen LogP contribution in [0.5, 0.6) is 11.5 Å². The minimum Gasteiger partial charge on any atom is -0.504 e. The first kappa shape index (κ1) is 27.3. The number of piperidine rings is 1. The number of aliphatic hydroxyl groups is 1. The van der Waals surface area contributed by atoms with Gasteiger partial charge in [0.1, 0.15) is 11.7 Å². The smallest absolute Gasteiger partial charge is 0.317 e. The largest absolute Gasteiger partial charge is 0.504 e. The van der Waals surface area contributed by atoms with Gasteiger partial charge >= 0.3 is 5.97 Å². The van der Waals surface area contributed by atoms with Crippen molar-refractivity contribution in [3.05, 3.63) is 23.3 Å². The number of phenolic OH excluding ortho intramolecular Hbond substituents is 1. The van der Waals surface area contributed by atoms with E-state index in [1.807, 2.05) is 20.1 Å². The van der Waals surface area contributed by atoms with Crippen LogP contribution < -0.4 is 10.5 Å². The van der Waals surface area contributed by atoms with Gasteiger partial charge in [0.2, 0.25) is 0 Å². The summed E-state index contributed by atoms with van der Waals surface area (Å²) in [4.78, 5) is 12.1. The summed E-state index contributed by atoms with van der Waals surface area (Å²) < 4.78 is 13.5. The van der Waals surface area contributed by atoms with Gasteiger partial charge in [-0.25, -0.2) is 0 Å². The van der Waals surface area contributed by atoms with Crippen molar-refractivity contribution in [2.24, 2.45) is 28.4 Å². The van der Waals surface area contributed by atoms with E-state index in [9.17, 15) is 15.0 Å². The number of carboxylic acid groups (broad SMARTS) is 1. The number of fused-ring (bicyclic) bond motifs is 2. The van der Waals surface area contributed by atoms with E-state index < -0.39 is 17.2 Å². The van der Waals surface area contributed by atoms with Crippen LogP contribution in [-0.4, -0.2) is 76.3 Å². The monoisotopic (exact) mass is 542 g/mol. The van der Waals surface area contributed by atoms with E-state index in [1.165, 1.54) is 30.5 Å². The molecule has 8 nitrogen and oxygen atoms in total. The molecule has 7 aliphatic rings. The average molecular weight is 543 g/mol. The number of nitrogens with two attached hydrogens (primary N) is 1. The summed E-state index contributed by atoms with van der Waals surface area (Å²) in [5.41, 5.74) is 5.35.